The van der Waals surface area contributed by atoms with E-state index in [1.807, 2.05) is 0 Å². The van der Waals surface area contributed by atoms with Crippen LogP contribution in [0.4, 0.5) is 17.1 Å². The molecule has 62 heavy (non-hydrogen) atoms. The lowest BCUT2D eigenvalue weighted by Gasteiger charge is -2.29. The third-order valence-corrected chi connectivity index (χ3v) is 13.2. The number of rotatable bonds is 7. The molecule has 1 aliphatic carbocycles. The van der Waals surface area contributed by atoms with Gasteiger partial charge in [0, 0.05) is 44.2 Å². The highest BCUT2D eigenvalue weighted by atomic mass is 16.7. The van der Waals surface area contributed by atoms with E-state index < -0.39 is 0 Å². The number of ether oxygens (including phenoxy) is 2. The average molecular weight is 801 g/mol. The van der Waals surface area contributed by atoms with E-state index >= 15 is 0 Å². The van der Waals surface area contributed by atoms with Gasteiger partial charge in [-0.25, -0.2) is 0 Å². The molecule has 10 aromatic rings. The molecule has 4 heteroatoms. The molecule has 298 valence electrons. The molecule has 0 unspecified atom stereocenters. The van der Waals surface area contributed by atoms with Gasteiger partial charge in [0.25, 0.3) is 0 Å². The van der Waals surface area contributed by atoms with Gasteiger partial charge in [-0.3, -0.25) is 0 Å². The Hall–Kier alpha value is -7.24. The van der Waals surface area contributed by atoms with Crippen LogP contribution in [-0.2, 0) is 14.9 Å². The van der Waals surface area contributed by atoms with E-state index in [-0.39, 0.29) is 11.7 Å². The summed E-state index contributed by atoms with van der Waals surface area (Å²) in [6.07, 6.45) is -0.259. The van der Waals surface area contributed by atoms with Gasteiger partial charge in [0.05, 0.1) is 29.9 Å². The second kappa shape index (κ2) is 14.5. The van der Waals surface area contributed by atoms with E-state index in [0.29, 0.717) is 13.2 Å². The van der Waals surface area contributed by atoms with Crippen molar-refractivity contribution >= 4 is 49.6 Å². The molecule has 1 aromatic heterocycles. The van der Waals surface area contributed by atoms with Gasteiger partial charge in [0.15, 0.2) is 6.29 Å². The van der Waals surface area contributed by atoms with Crippen LogP contribution in [0.3, 0.4) is 0 Å². The zero-order valence-corrected chi connectivity index (χ0v) is 34.8. The average Bonchev–Trinajstić information content (AvgIpc) is 4.04. The van der Waals surface area contributed by atoms with Crippen molar-refractivity contribution < 1.29 is 9.47 Å². The van der Waals surface area contributed by atoms with E-state index in [1.54, 1.807) is 0 Å². The van der Waals surface area contributed by atoms with E-state index in [4.69, 9.17) is 9.47 Å². The first kappa shape index (κ1) is 36.6. The Balaban J connectivity index is 0.906. The maximum atomic E-state index is 5.69. The summed E-state index contributed by atoms with van der Waals surface area (Å²) >= 11 is 0. The molecule has 1 saturated heterocycles. The summed E-state index contributed by atoms with van der Waals surface area (Å²) in [7, 11) is 0. The van der Waals surface area contributed by atoms with Gasteiger partial charge in [-0.05, 0) is 104 Å². The lowest BCUT2D eigenvalue weighted by atomic mass is 9.82. The van der Waals surface area contributed by atoms with Crippen molar-refractivity contribution in [2.45, 2.75) is 25.6 Å². The minimum Gasteiger partial charge on any atom is -0.346 e. The lowest BCUT2D eigenvalue weighted by Crippen LogP contribution is -2.17. The fourth-order valence-electron chi connectivity index (χ4n) is 10.1. The van der Waals surface area contributed by atoms with Crippen LogP contribution in [-0.4, -0.2) is 17.8 Å². The molecule has 2 heterocycles. The van der Waals surface area contributed by atoms with Crippen LogP contribution >= 0.6 is 0 Å². The molecule has 4 nitrogen and oxygen atoms in total. The summed E-state index contributed by atoms with van der Waals surface area (Å²) in [6.45, 7) is 6.05. The smallest absolute Gasteiger partial charge is 0.184 e. The summed E-state index contributed by atoms with van der Waals surface area (Å²) in [5.41, 5.74) is 17.9. The Morgan fingerprint density at radius 1 is 0.468 bits per heavy atom. The number of para-hydroxylation sites is 2. The molecule has 0 radical (unpaired) electrons. The van der Waals surface area contributed by atoms with Gasteiger partial charge in [0.2, 0.25) is 0 Å². The molecule has 2 aliphatic rings. The Labute approximate surface area is 361 Å². The fourth-order valence-corrected chi connectivity index (χ4v) is 10.1. The normalized spacial score (nSPS) is 14.4. The van der Waals surface area contributed by atoms with Crippen LogP contribution < -0.4 is 4.90 Å². The van der Waals surface area contributed by atoms with Gasteiger partial charge in [-0.2, -0.15) is 0 Å². The number of fused-ring (bicyclic) bond motifs is 7. The minimum absolute atomic E-state index is 0.225. The summed E-state index contributed by atoms with van der Waals surface area (Å²) in [5.74, 6) is 0. The van der Waals surface area contributed by atoms with Crippen LogP contribution in [0.1, 0.15) is 36.8 Å². The Morgan fingerprint density at radius 3 is 1.61 bits per heavy atom. The first-order valence-corrected chi connectivity index (χ1v) is 21.6. The predicted molar refractivity (Wildman–Crippen MR) is 256 cm³/mol. The lowest BCUT2D eigenvalue weighted by molar-refractivity contribution is -0.0441. The van der Waals surface area contributed by atoms with Gasteiger partial charge >= 0.3 is 0 Å². The van der Waals surface area contributed by atoms with Crippen molar-refractivity contribution in [3.8, 4) is 39.1 Å². The third-order valence-electron chi connectivity index (χ3n) is 13.2. The Kier molecular flexibility index (Phi) is 8.53. The predicted octanol–water partition coefficient (Wildman–Crippen LogP) is 15.1. The summed E-state index contributed by atoms with van der Waals surface area (Å²) in [5, 5.41) is 4.98. The molecule has 0 N–H and O–H groups in total. The van der Waals surface area contributed by atoms with E-state index in [2.05, 4.69) is 224 Å². The second-order valence-electron chi connectivity index (χ2n) is 17.1. The molecule has 0 bridgehead atoms. The van der Waals surface area contributed by atoms with Crippen molar-refractivity contribution in [2.75, 3.05) is 18.1 Å². The molecule has 0 amide bonds. The standard InChI is InChI=1S/C58H44N2O2/c1-58(2)52-36-45(30-32-48(52)49-33-31-46(37-53(49)58)60-55-15-7-5-13-50(55)51-14-6-8-16-56(51)60)59(54-17-9-11-42-10-3-4-12-47(42)54)44-28-26-41(27-29-44)39-20-18-38(19-21-39)40-22-24-43(25-23-40)57-61-34-35-62-57/h3-33,36-37,57H,34-35H2,1-2H3. The summed E-state index contributed by atoms with van der Waals surface area (Å²) in [6, 6.07) is 73.4. The highest BCUT2D eigenvalue weighted by Gasteiger charge is 2.37. The molecule has 0 spiro atoms. The number of hydrogen-bond donors (Lipinski definition) is 0. The molecule has 1 aliphatic heterocycles. The van der Waals surface area contributed by atoms with Crippen molar-refractivity contribution in [1.82, 2.24) is 4.57 Å². The quantitative estimate of drug-likeness (QED) is 0.161. The van der Waals surface area contributed by atoms with E-state index in [1.165, 1.54) is 82.8 Å². The highest BCUT2D eigenvalue weighted by Crippen LogP contribution is 2.52. The zero-order chi connectivity index (χ0) is 41.4. The molecule has 0 saturated carbocycles. The number of benzene rings is 9. The Morgan fingerprint density at radius 2 is 0.968 bits per heavy atom. The molecule has 1 fully saturated rings. The first-order chi connectivity index (χ1) is 30.5. The van der Waals surface area contributed by atoms with Crippen LogP contribution in [0.25, 0.3) is 71.6 Å². The molecule has 9 aromatic carbocycles. The highest BCUT2D eigenvalue weighted by molar-refractivity contribution is 6.09. The molecular weight excluding hydrogens is 757 g/mol. The van der Waals surface area contributed by atoms with Crippen molar-refractivity contribution in [2.24, 2.45) is 0 Å². The van der Waals surface area contributed by atoms with Crippen LogP contribution in [0.15, 0.2) is 200 Å². The van der Waals surface area contributed by atoms with Gasteiger partial charge in [-0.1, -0.05) is 159 Å². The monoisotopic (exact) mass is 800 g/mol. The number of nitrogens with zero attached hydrogens (tertiary/aromatic N) is 2. The number of anilines is 3. The first-order valence-electron chi connectivity index (χ1n) is 21.6. The molecular formula is C58H44N2O2. The summed E-state index contributed by atoms with van der Waals surface area (Å²) < 4.78 is 13.8. The maximum absolute atomic E-state index is 5.69. The van der Waals surface area contributed by atoms with Crippen molar-refractivity contribution in [1.29, 1.82) is 0 Å². The SMILES string of the molecule is CC1(C)c2cc(N(c3ccc(-c4ccc(-c5ccc(C6OCCO6)cc5)cc4)cc3)c3cccc4ccccc34)ccc2-c2ccc(-n3c4ccccc4c4ccccc43)cc21. The number of hydrogen-bond acceptors (Lipinski definition) is 3. The van der Waals surface area contributed by atoms with Gasteiger partial charge in [0.1, 0.15) is 0 Å². The maximum Gasteiger partial charge on any atom is 0.184 e. The molecule has 0 atom stereocenters. The topological polar surface area (TPSA) is 26.6 Å². The van der Waals surface area contributed by atoms with Gasteiger partial charge < -0.3 is 18.9 Å². The third kappa shape index (κ3) is 5.90. The number of aromatic nitrogens is 1. The fraction of sp³-hybridized carbons (Fsp3) is 0.103. The van der Waals surface area contributed by atoms with Crippen molar-refractivity contribution in [3.63, 3.8) is 0 Å². The van der Waals surface area contributed by atoms with Crippen LogP contribution in [0, 0.1) is 0 Å². The zero-order valence-electron chi connectivity index (χ0n) is 34.8. The minimum atomic E-state index is -0.259. The van der Waals surface area contributed by atoms with E-state index in [0.717, 1.165) is 22.6 Å². The van der Waals surface area contributed by atoms with Crippen molar-refractivity contribution in [3.05, 3.63) is 217 Å². The van der Waals surface area contributed by atoms with E-state index in [9.17, 15) is 0 Å². The van der Waals surface area contributed by atoms with Crippen LogP contribution in [0.2, 0.25) is 0 Å². The molecule has 12 rings (SSSR count). The second-order valence-corrected chi connectivity index (χ2v) is 17.1. The van der Waals surface area contributed by atoms with Crippen LogP contribution in [0.5, 0.6) is 0 Å². The summed E-state index contributed by atoms with van der Waals surface area (Å²) in [4.78, 5) is 2.43. The Bertz CT molecular complexity index is 3260. The van der Waals surface area contributed by atoms with Gasteiger partial charge in [-0.15, -0.1) is 0 Å². The largest absolute Gasteiger partial charge is 0.346 e.